The van der Waals surface area contributed by atoms with Crippen molar-refractivity contribution in [2.75, 3.05) is 0 Å². The molecule has 0 unspecified atom stereocenters. The molecule has 96 valence electrons. The largest absolute Gasteiger partial charge is 0.299 e. The van der Waals surface area contributed by atoms with E-state index in [2.05, 4.69) is 30.6 Å². The minimum Gasteiger partial charge on any atom is -0.299 e. The first-order valence-corrected chi connectivity index (χ1v) is 5.86. The lowest BCUT2D eigenvalue weighted by atomic mass is 10.3. The van der Waals surface area contributed by atoms with Gasteiger partial charge in [0, 0.05) is 25.4 Å². The zero-order valence-corrected chi connectivity index (χ0v) is 10.0. The Morgan fingerprint density at radius 3 is 3.16 bits per heavy atom. The summed E-state index contributed by atoms with van der Waals surface area (Å²) in [5.74, 6) is 0.642. The van der Waals surface area contributed by atoms with Crippen LogP contribution in [0.5, 0.6) is 0 Å². The molecule has 8 heteroatoms. The van der Waals surface area contributed by atoms with E-state index in [4.69, 9.17) is 0 Å². The maximum Gasteiger partial charge on any atom is 0.262 e. The molecule has 0 aliphatic rings. The van der Waals surface area contributed by atoms with Gasteiger partial charge in [0.05, 0.1) is 17.2 Å². The lowest BCUT2D eigenvalue weighted by molar-refractivity contribution is 0.606. The highest BCUT2D eigenvalue weighted by molar-refractivity contribution is 5.75. The van der Waals surface area contributed by atoms with Crippen molar-refractivity contribution in [3.63, 3.8) is 0 Å². The summed E-state index contributed by atoms with van der Waals surface area (Å²) >= 11 is 0. The number of tetrazole rings is 1. The van der Waals surface area contributed by atoms with Crippen molar-refractivity contribution in [3.05, 3.63) is 41.0 Å². The van der Waals surface area contributed by atoms with Crippen molar-refractivity contribution in [1.29, 1.82) is 0 Å². The Bertz CT molecular complexity index is 734. The molecule has 0 atom stereocenters. The van der Waals surface area contributed by atoms with E-state index in [1.807, 2.05) is 0 Å². The van der Waals surface area contributed by atoms with Crippen molar-refractivity contribution in [2.24, 2.45) is 0 Å². The average Bonchev–Trinajstić information content (AvgIpc) is 2.95. The van der Waals surface area contributed by atoms with E-state index in [1.165, 1.54) is 0 Å². The molecule has 3 heterocycles. The van der Waals surface area contributed by atoms with Gasteiger partial charge in [-0.15, -0.1) is 10.2 Å². The summed E-state index contributed by atoms with van der Waals surface area (Å²) < 4.78 is 1.57. The first-order valence-electron chi connectivity index (χ1n) is 5.86. The topological polar surface area (TPSA) is 102 Å². The van der Waals surface area contributed by atoms with Crippen molar-refractivity contribution in [3.8, 4) is 0 Å². The Kier molecular flexibility index (Phi) is 2.97. The van der Waals surface area contributed by atoms with Crippen molar-refractivity contribution >= 4 is 10.9 Å². The molecular formula is C11H11N7O. The molecule has 0 aliphatic heterocycles. The molecule has 0 radical (unpaired) electrons. The fourth-order valence-corrected chi connectivity index (χ4v) is 1.86. The minimum atomic E-state index is -0.0776. The number of rotatable bonds is 4. The van der Waals surface area contributed by atoms with Gasteiger partial charge < -0.3 is 0 Å². The Morgan fingerprint density at radius 2 is 2.32 bits per heavy atom. The van der Waals surface area contributed by atoms with Gasteiger partial charge in [-0.05, 0) is 12.5 Å². The highest BCUT2D eigenvalue weighted by Gasteiger charge is 2.04. The lowest BCUT2D eigenvalue weighted by Crippen LogP contribution is -2.21. The van der Waals surface area contributed by atoms with E-state index in [0.29, 0.717) is 29.7 Å². The molecule has 8 nitrogen and oxygen atoms in total. The van der Waals surface area contributed by atoms with Crippen LogP contribution in [0.1, 0.15) is 12.2 Å². The molecule has 3 rings (SSSR count). The summed E-state index contributed by atoms with van der Waals surface area (Å²) in [4.78, 5) is 20.3. The summed E-state index contributed by atoms with van der Waals surface area (Å²) in [6, 6.07) is 1.72. The van der Waals surface area contributed by atoms with E-state index in [-0.39, 0.29) is 5.56 Å². The number of aryl methyl sites for hydroxylation is 2. The van der Waals surface area contributed by atoms with Crippen LogP contribution in [0, 0.1) is 0 Å². The van der Waals surface area contributed by atoms with Crippen LogP contribution in [-0.2, 0) is 13.0 Å². The molecule has 0 saturated carbocycles. The van der Waals surface area contributed by atoms with E-state index >= 15 is 0 Å². The second kappa shape index (κ2) is 4.92. The predicted octanol–water partition coefficient (Wildman–Crippen LogP) is -0.0626. The zero-order chi connectivity index (χ0) is 13.1. The van der Waals surface area contributed by atoms with Crippen LogP contribution in [0.2, 0.25) is 0 Å². The summed E-state index contributed by atoms with van der Waals surface area (Å²) in [5, 5.41) is 14.1. The normalized spacial score (nSPS) is 10.9. The molecule has 0 spiro atoms. The molecule has 3 aromatic heterocycles. The Balaban J connectivity index is 1.78. The highest BCUT2D eigenvalue weighted by atomic mass is 16.1. The molecule has 0 bridgehead atoms. The number of aromatic nitrogens is 7. The molecule has 3 aromatic rings. The van der Waals surface area contributed by atoms with Crippen molar-refractivity contribution in [2.45, 2.75) is 19.4 Å². The summed E-state index contributed by atoms with van der Waals surface area (Å²) in [5.41, 5.74) is 0.584. The fourth-order valence-electron chi connectivity index (χ4n) is 1.86. The number of pyridine rings is 1. The second-order valence-corrected chi connectivity index (χ2v) is 4.07. The Morgan fingerprint density at radius 1 is 1.37 bits per heavy atom. The Hall–Kier alpha value is -2.64. The SMILES string of the molecule is O=c1c2cnccc2ncn1CCCc1nn[nH]n1. The highest BCUT2D eigenvalue weighted by Crippen LogP contribution is 2.03. The summed E-state index contributed by atoms with van der Waals surface area (Å²) in [6.07, 6.45) is 6.12. The third kappa shape index (κ3) is 2.32. The second-order valence-electron chi connectivity index (χ2n) is 4.07. The predicted molar refractivity (Wildman–Crippen MR) is 66.3 cm³/mol. The van der Waals surface area contributed by atoms with Gasteiger partial charge >= 0.3 is 0 Å². The fraction of sp³-hybridized carbons (Fsp3) is 0.273. The number of hydrogen-bond acceptors (Lipinski definition) is 6. The summed E-state index contributed by atoms with van der Waals surface area (Å²) in [7, 11) is 0. The molecule has 0 aliphatic carbocycles. The monoisotopic (exact) mass is 257 g/mol. The van der Waals surface area contributed by atoms with Gasteiger partial charge in [0.2, 0.25) is 0 Å². The molecule has 1 N–H and O–H groups in total. The first-order chi connectivity index (χ1) is 9.34. The minimum absolute atomic E-state index is 0.0776. The van der Waals surface area contributed by atoms with Crippen molar-refractivity contribution < 1.29 is 0 Å². The van der Waals surface area contributed by atoms with Crippen LogP contribution in [0.15, 0.2) is 29.6 Å². The number of H-pyrrole nitrogens is 1. The maximum atomic E-state index is 12.2. The molecule has 0 amide bonds. The van der Waals surface area contributed by atoms with E-state index in [1.54, 1.807) is 29.4 Å². The number of hydrogen-bond donors (Lipinski definition) is 1. The zero-order valence-electron chi connectivity index (χ0n) is 10.0. The van der Waals surface area contributed by atoms with E-state index < -0.39 is 0 Å². The van der Waals surface area contributed by atoms with Crippen LogP contribution >= 0.6 is 0 Å². The smallest absolute Gasteiger partial charge is 0.262 e. The molecular weight excluding hydrogens is 246 g/mol. The number of nitrogens with zero attached hydrogens (tertiary/aromatic N) is 6. The quantitative estimate of drug-likeness (QED) is 0.702. The number of nitrogens with one attached hydrogen (secondary N) is 1. The van der Waals surface area contributed by atoms with Gasteiger partial charge in [-0.25, -0.2) is 4.98 Å². The maximum absolute atomic E-state index is 12.2. The van der Waals surface area contributed by atoms with Gasteiger partial charge in [-0.2, -0.15) is 5.21 Å². The Labute approximate surface area is 107 Å². The van der Waals surface area contributed by atoms with Crippen LogP contribution in [0.4, 0.5) is 0 Å². The van der Waals surface area contributed by atoms with Crippen molar-refractivity contribution in [1.82, 2.24) is 35.2 Å². The van der Waals surface area contributed by atoms with E-state index in [0.717, 1.165) is 6.42 Å². The standard InChI is InChI=1S/C11H11N7O/c19-11-8-6-12-4-3-9(8)13-7-18(11)5-1-2-10-14-16-17-15-10/h3-4,6-7H,1-2,5H2,(H,14,15,16,17). The van der Waals surface area contributed by atoms with Gasteiger partial charge in [0.15, 0.2) is 5.82 Å². The van der Waals surface area contributed by atoms with E-state index in [9.17, 15) is 4.79 Å². The number of aromatic amines is 1. The average molecular weight is 257 g/mol. The van der Waals surface area contributed by atoms with Gasteiger partial charge in [0.1, 0.15) is 0 Å². The first kappa shape index (κ1) is 11.5. The van der Waals surface area contributed by atoms with Crippen LogP contribution in [0.3, 0.4) is 0 Å². The third-order valence-corrected chi connectivity index (χ3v) is 2.81. The van der Waals surface area contributed by atoms with Crippen LogP contribution in [-0.4, -0.2) is 35.2 Å². The molecule has 19 heavy (non-hydrogen) atoms. The number of fused-ring (bicyclic) bond motifs is 1. The molecule has 0 saturated heterocycles. The van der Waals surface area contributed by atoms with Crippen LogP contribution in [0.25, 0.3) is 10.9 Å². The molecule has 0 fully saturated rings. The van der Waals surface area contributed by atoms with Gasteiger partial charge in [-0.1, -0.05) is 5.21 Å². The summed E-state index contributed by atoms with van der Waals surface area (Å²) in [6.45, 7) is 0.561. The van der Waals surface area contributed by atoms with Gasteiger partial charge in [0.25, 0.3) is 5.56 Å². The lowest BCUT2D eigenvalue weighted by Gasteiger charge is -2.04. The van der Waals surface area contributed by atoms with Crippen LogP contribution < -0.4 is 5.56 Å². The molecule has 0 aromatic carbocycles. The van der Waals surface area contributed by atoms with Gasteiger partial charge in [-0.3, -0.25) is 14.3 Å². The third-order valence-electron chi connectivity index (χ3n) is 2.81.